The monoisotopic (exact) mass is 753 g/mol. The molecule has 4 heteroatoms. The van der Waals surface area contributed by atoms with Crippen LogP contribution in [-0.4, -0.2) is 15.0 Å². The lowest BCUT2D eigenvalue weighted by Gasteiger charge is -2.11. The summed E-state index contributed by atoms with van der Waals surface area (Å²) in [5, 5.41) is 4.39. The lowest BCUT2D eigenvalue weighted by molar-refractivity contribution is 0.673. The van der Waals surface area contributed by atoms with Crippen molar-refractivity contribution in [3.8, 4) is 78.7 Å². The minimum absolute atomic E-state index is 0.622. The molecular weight excluding hydrogens is 719 g/mol. The maximum absolute atomic E-state index is 6.64. The Balaban J connectivity index is 1.01. The molecule has 0 N–H and O–H groups in total. The van der Waals surface area contributed by atoms with Gasteiger partial charge in [0, 0.05) is 32.8 Å². The fraction of sp³-hybridized carbons (Fsp3) is 0. The molecule has 2 aromatic heterocycles. The van der Waals surface area contributed by atoms with Gasteiger partial charge in [-0.3, -0.25) is 0 Å². The summed E-state index contributed by atoms with van der Waals surface area (Å²) >= 11 is 0. The number of hydrogen-bond acceptors (Lipinski definition) is 4. The highest BCUT2D eigenvalue weighted by Gasteiger charge is 2.18. The molecular formula is C55H35N3O. The first-order valence-corrected chi connectivity index (χ1v) is 19.8. The van der Waals surface area contributed by atoms with E-state index in [1.807, 2.05) is 36.4 Å². The predicted octanol–water partition coefficient (Wildman–Crippen LogP) is 14.6. The van der Waals surface area contributed by atoms with Gasteiger partial charge < -0.3 is 4.42 Å². The second-order valence-corrected chi connectivity index (χ2v) is 14.8. The second-order valence-electron chi connectivity index (χ2n) is 14.8. The van der Waals surface area contributed by atoms with E-state index in [9.17, 15) is 0 Å². The molecule has 0 spiro atoms. The largest absolute Gasteiger partial charge is 0.455 e. The summed E-state index contributed by atoms with van der Waals surface area (Å²) in [6, 6.07) is 74.1. The van der Waals surface area contributed by atoms with Crippen molar-refractivity contribution in [2.75, 3.05) is 0 Å². The van der Waals surface area contributed by atoms with E-state index in [1.54, 1.807) is 0 Å². The zero-order valence-electron chi connectivity index (χ0n) is 32.0. The van der Waals surface area contributed by atoms with Gasteiger partial charge in [-0.1, -0.05) is 194 Å². The highest BCUT2D eigenvalue weighted by molar-refractivity contribution is 6.19. The quantitative estimate of drug-likeness (QED) is 0.163. The van der Waals surface area contributed by atoms with Crippen molar-refractivity contribution in [1.29, 1.82) is 0 Å². The van der Waals surface area contributed by atoms with Gasteiger partial charge in [-0.2, -0.15) is 0 Å². The van der Waals surface area contributed by atoms with Crippen LogP contribution in [0.25, 0.3) is 111 Å². The van der Waals surface area contributed by atoms with Crippen LogP contribution in [0.15, 0.2) is 217 Å². The maximum Gasteiger partial charge on any atom is 0.164 e. The van der Waals surface area contributed by atoms with Gasteiger partial charge in [0.1, 0.15) is 11.2 Å². The Morgan fingerprint density at radius 1 is 0.254 bits per heavy atom. The molecule has 0 radical (unpaired) electrons. The van der Waals surface area contributed by atoms with Crippen LogP contribution in [-0.2, 0) is 0 Å². The predicted molar refractivity (Wildman–Crippen MR) is 243 cm³/mol. The smallest absolute Gasteiger partial charge is 0.164 e. The Morgan fingerprint density at radius 2 is 0.661 bits per heavy atom. The third kappa shape index (κ3) is 6.34. The zero-order chi connectivity index (χ0) is 39.1. The first kappa shape index (κ1) is 34.3. The number of hydrogen-bond donors (Lipinski definition) is 0. The van der Waals surface area contributed by atoms with Crippen LogP contribution in [0.5, 0.6) is 0 Å². The number of fused-ring (bicyclic) bond motifs is 5. The number of nitrogens with zero attached hydrogens (tertiary/aromatic N) is 3. The minimum atomic E-state index is 0.622. The van der Waals surface area contributed by atoms with Crippen LogP contribution in [0.4, 0.5) is 0 Å². The lowest BCUT2D eigenvalue weighted by atomic mass is 9.92. The van der Waals surface area contributed by atoms with Gasteiger partial charge in [-0.15, -0.1) is 0 Å². The fourth-order valence-electron chi connectivity index (χ4n) is 8.20. The van der Waals surface area contributed by atoms with Crippen molar-refractivity contribution in [3.05, 3.63) is 212 Å². The van der Waals surface area contributed by atoms with Gasteiger partial charge in [0.25, 0.3) is 0 Å². The average molecular weight is 754 g/mol. The Hall–Kier alpha value is -7.95. The normalized spacial score (nSPS) is 11.4. The SMILES string of the molecule is c1ccc(-c2ccc(-c3nc(-c4ccccc4)nc(-c4ccc(-c5cc6c7cc(-c8ccccc8-c8ccccc8)ccc7oc6c6ccccc56)cc4)n3)cc2)cc1. The molecule has 0 unspecified atom stereocenters. The number of aromatic nitrogens is 3. The summed E-state index contributed by atoms with van der Waals surface area (Å²) in [5.41, 5.74) is 13.8. The number of furan rings is 1. The van der Waals surface area contributed by atoms with Crippen LogP contribution >= 0.6 is 0 Å². The van der Waals surface area contributed by atoms with E-state index in [2.05, 4.69) is 176 Å². The molecule has 276 valence electrons. The molecule has 0 saturated carbocycles. The van der Waals surface area contributed by atoms with Crippen molar-refractivity contribution >= 4 is 32.7 Å². The molecule has 9 aromatic carbocycles. The Kier molecular flexibility index (Phi) is 8.45. The van der Waals surface area contributed by atoms with Crippen molar-refractivity contribution in [2.45, 2.75) is 0 Å². The van der Waals surface area contributed by atoms with Crippen molar-refractivity contribution < 1.29 is 4.42 Å². The lowest BCUT2D eigenvalue weighted by Crippen LogP contribution is -2.00. The summed E-state index contributed by atoms with van der Waals surface area (Å²) < 4.78 is 6.64. The van der Waals surface area contributed by atoms with Gasteiger partial charge in [0.05, 0.1) is 0 Å². The summed E-state index contributed by atoms with van der Waals surface area (Å²) in [7, 11) is 0. The highest BCUT2D eigenvalue weighted by atomic mass is 16.3. The van der Waals surface area contributed by atoms with E-state index in [1.165, 1.54) is 22.3 Å². The Morgan fingerprint density at radius 3 is 1.27 bits per heavy atom. The molecule has 2 heterocycles. The van der Waals surface area contributed by atoms with E-state index in [0.717, 1.165) is 71.7 Å². The zero-order valence-corrected chi connectivity index (χ0v) is 32.0. The maximum atomic E-state index is 6.64. The minimum Gasteiger partial charge on any atom is -0.455 e. The van der Waals surface area contributed by atoms with Crippen molar-refractivity contribution in [2.24, 2.45) is 0 Å². The van der Waals surface area contributed by atoms with E-state index >= 15 is 0 Å². The van der Waals surface area contributed by atoms with Crippen LogP contribution < -0.4 is 0 Å². The first-order valence-electron chi connectivity index (χ1n) is 19.8. The van der Waals surface area contributed by atoms with Crippen molar-refractivity contribution in [1.82, 2.24) is 15.0 Å². The molecule has 0 saturated heterocycles. The molecule has 0 aliphatic carbocycles. The molecule has 4 nitrogen and oxygen atoms in total. The standard InChI is InChI=1S/C55H35N3O/c1-4-14-36(15-5-1)37-24-28-41(29-25-37)54-56-53(40-18-8-3-9-19-40)57-55(58-54)42-30-26-39(27-31-42)48-35-50-49-34-43(45-21-11-10-20-44(45)38-16-6-2-7-17-38)32-33-51(49)59-52(50)47-23-13-12-22-46(47)48/h1-35H. The van der Waals surface area contributed by atoms with Crippen molar-refractivity contribution in [3.63, 3.8) is 0 Å². The van der Waals surface area contributed by atoms with Crippen LogP contribution in [0.3, 0.4) is 0 Å². The third-order valence-electron chi connectivity index (χ3n) is 11.2. The number of benzene rings is 9. The summed E-state index contributed by atoms with van der Waals surface area (Å²) in [4.78, 5) is 15.0. The van der Waals surface area contributed by atoms with Crippen LogP contribution in [0.2, 0.25) is 0 Å². The van der Waals surface area contributed by atoms with E-state index in [4.69, 9.17) is 19.4 Å². The van der Waals surface area contributed by atoms with Crippen LogP contribution in [0.1, 0.15) is 0 Å². The van der Waals surface area contributed by atoms with Gasteiger partial charge in [0.15, 0.2) is 17.5 Å². The summed E-state index contributed by atoms with van der Waals surface area (Å²) in [6.45, 7) is 0. The number of rotatable bonds is 7. The van der Waals surface area contributed by atoms with E-state index in [-0.39, 0.29) is 0 Å². The molecule has 0 amide bonds. The van der Waals surface area contributed by atoms with Gasteiger partial charge in [-0.25, -0.2) is 15.0 Å². The van der Waals surface area contributed by atoms with Gasteiger partial charge in [-0.05, 0) is 68.1 Å². The van der Waals surface area contributed by atoms with Gasteiger partial charge in [0.2, 0.25) is 0 Å². The van der Waals surface area contributed by atoms with Crippen LogP contribution in [0, 0.1) is 0 Å². The molecule has 0 bridgehead atoms. The fourth-order valence-corrected chi connectivity index (χ4v) is 8.20. The second kappa shape index (κ2) is 14.5. The molecule has 11 rings (SSSR count). The molecule has 0 aliphatic rings. The molecule has 59 heavy (non-hydrogen) atoms. The summed E-state index contributed by atoms with van der Waals surface area (Å²) in [5.74, 6) is 1.89. The molecule has 0 atom stereocenters. The topological polar surface area (TPSA) is 51.8 Å². The third-order valence-corrected chi connectivity index (χ3v) is 11.2. The Bertz CT molecular complexity index is 3280. The molecule has 11 aromatic rings. The summed E-state index contributed by atoms with van der Waals surface area (Å²) in [6.07, 6.45) is 0. The first-order chi connectivity index (χ1) is 29.2. The molecule has 0 aliphatic heterocycles. The van der Waals surface area contributed by atoms with E-state index in [0.29, 0.717) is 17.5 Å². The highest BCUT2D eigenvalue weighted by Crippen LogP contribution is 2.42. The van der Waals surface area contributed by atoms with Gasteiger partial charge >= 0.3 is 0 Å². The molecule has 0 fully saturated rings. The Labute approximate surface area is 341 Å². The average Bonchev–Trinajstić information content (AvgIpc) is 3.70. The van der Waals surface area contributed by atoms with E-state index < -0.39 is 0 Å².